The molecule has 0 aliphatic carbocycles. The van der Waals surface area contributed by atoms with Crippen molar-refractivity contribution in [3.63, 3.8) is 0 Å². The molecular weight excluding hydrogens is 356 g/mol. The van der Waals surface area contributed by atoms with E-state index in [0.717, 1.165) is 0 Å². The maximum absolute atomic E-state index is 12.0. The highest BCUT2D eigenvalue weighted by atomic mass is 16.5. The summed E-state index contributed by atoms with van der Waals surface area (Å²) in [5.74, 6) is 0.112. The number of carbonyl (C=O) groups excluding carboxylic acids is 3. The lowest BCUT2D eigenvalue weighted by atomic mass is 10.1. The van der Waals surface area contributed by atoms with Gasteiger partial charge in [-0.15, -0.1) is 0 Å². The summed E-state index contributed by atoms with van der Waals surface area (Å²) in [4.78, 5) is 35.1. The molecule has 0 unspecified atom stereocenters. The standard InChI is InChI=1S/C18H26N2O7/c1-11(2)9-19-18(23)20-15(21)10-27-16(22)8-12-6-13(24-3)17(26-5)14(7-12)25-4/h6-7,11H,8-10H2,1-5H3,(H2,19,20,21,23). The average Bonchev–Trinajstić information content (AvgIpc) is 2.63. The number of imide groups is 1. The Kier molecular flexibility index (Phi) is 8.91. The smallest absolute Gasteiger partial charge is 0.321 e. The summed E-state index contributed by atoms with van der Waals surface area (Å²) in [7, 11) is 4.41. The number of carbonyl (C=O) groups is 3. The molecule has 0 aromatic heterocycles. The summed E-state index contributed by atoms with van der Waals surface area (Å²) in [6.45, 7) is 3.72. The van der Waals surface area contributed by atoms with Crippen LogP contribution in [0.2, 0.25) is 0 Å². The molecule has 0 radical (unpaired) electrons. The third-order valence-electron chi connectivity index (χ3n) is 3.36. The lowest BCUT2D eigenvalue weighted by molar-refractivity contribution is -0.147. The van der Waals surface area contributed by atoms with E-state index in [4.69, 9.17) is 18.9 Å². The second-order valence-corrected chi connectivity index (χ2v) is 6.02. The van der Waals surface area contributed by atoms with E-state index in [9.17, 15) is 14.4 Å². The predicted molar refractivity (Wildman–Crippen MR) is 97.1 cm³/mol. The van der Waals surface area contributed by atoms with Crippen molar-refractivity contribution >= 4 is 17.9 Å². The third-order valence-corrected chi connectivity index (χ3v) is 3.36. The van der Waals surface area contributed by atoms with Gasteiger partial charge in [0.05, 0.1) is 27.8 Å². The SMILES string of the molecule is COc1cc(CC(=O)OCC(=O)NC(=O)NCC(C)C)cc(OC)c1OC. The van der Waals surface area contributed by atoms with Gasteiger partial charge in [0.15, 0.2) is 18.1 Å². The molecule has 0 saturated carbocycles. The van der Waals surface area contributed by atoms with E-state index in [0.29, 0.717) is 29.4 Å². The maximum atomic E-state index is 12.0. The lowest BCUT2D eigenvalue weighted by Crippen LogP contribution is -2.42. The molecule has 9 heteroatoms. The van der Waals surface area contributed by atoms with Gasteiger partial charge in [0.1, 0.15) is 0 Å². The zero-order valence-corrected chi connectivity index (χ0v) is 16.2. The Bertz CT molecular complexity index is 649. The van der Waals surface area contributed by atoms with Crippen LogP contribution in [0.4, 0.5) is 4.79 Å². The molecule has 0 saturated heterocycles. The van der Waals surface area contributed by atoms with Crippen molar-refractivity contribution in [2.75, 3.05) is 34.5 Å². The van der Waals surface area contributed by atoms with Gasteiger partial charge in [0, 0.05) is 6.54 Å². The zero-order chi connectivity index (χ0) is 20.4. The minimum atomic E-state index is -0.713. The van der Waals surface area contributed by atoms with E-state index >= 15 is 0 Å². The van der Waals surface area contributed by atoms with E-state index in [1.54, 1.807) is 12.1 Å². The molecule has 3 amide bonds. The molecule has 2 N–H and O–H groups in total. The zero-order valence-electron chi connectivity index (χ0n) is 16.2. The number of urea groups is 1. The highest BCUT2D eigenvalue weighted by Crippen LogP contribution is 2.38. The van der Waals surface area contributed by atoms with Gasteiger partial charge in [0.2, 0.25) is 5.75 Å². The van der Waals surface area contributed by atoms with Gasteiger partial charge in [-0.2, -0.15) is 0 Å². The first-order chi connectivity index (χ1) is 12.8. The summed E-state index contributed by atoms with van der Waals surface area (Å²) >= 11 is 0. The molecule has 0 heterocycles. The predicted octanol–water partition coefficient (Wildman–Crippen LogP) is 1.28. The number of nitrogens with one attached hydrogen (secondary N) is 2. The summed E-state index contributed by atoms with van der Waals surface area (Å²) in [6, 6.07) is 2.60. The Balaban J connectivity index is 2.57. The second-order valence-electron chi connectivity index (χ2n) is 6.02. The summed E-state index contributed by atoms with van der Waals surface area (Å²) in [5.41, 5.74) is 0.560. The molecule has 0 bridgehead atoms. The Morgan fingerprint density at radius 2 is 1.59 bits per heavy atom. The number of rotatable bonds is 9. The van der Waals surface area contributed by atoms with Crippen LogP contribution in [0.5, 0.6) is 17.2 Å². The lowest BCUT2D eigenvalue weighted by Gasteiger charge is -2.14. The van der Waals surface area contributed by atoms with Gasteiger partial charge in [0.25, 0.3) is 5.91 Å². The summed E-state index contributed by atoms with van der Waals surface area (Å²) in [5, 5.41) is 4.61. The first-order valence-electron chi connectivity index (χ1n) is 8.32. The normalized spacial score (nSPS) is 10.1. The van der Waals surface area contributed by atoms with E-state index in [2.05, 4.69) is 10.6 Å². The second kappa shape index (κ2) is 10.9. The van der Waals surface area contributed by atoms with Gasteiger partial charge in [-0.1, -0.05) is 13.8 Å². The van der Waals surface area contributed by atoms with E-state index in [-0.39, 0.29) is 12.3 Å². The molecule has 0 aliphatic heterocycles. The first kappa shape index (κ1) is 22.1. The number of benzene rings is 1. The van der Waals surface area contributed by atoms with Crippen LogP contribution in [-0.4, -0.2) is 52.4 Å². The quantitative estimate of drug-likeness (QED) is 0.619. The van der Waals surface area contributed by atoms with Crippen molar-refractivity contribution in [2.24, 2.45) is 5.92 Å². The third kappa shape index (κ3) is 7.43. The van der Waals surface area contributed by atoms with Crippen LogP contribution in [0.1, 0.15) is 19.4 Å². The van der Waals surface area contributed by atoms with Crippen molar-refractivity contribution < 1.29 is 33.3 Å². The number of ether oxygens (including phenoxy) is 4. The Hall–Kier alpha value is -2.97. The fourth-order valence-corrected chi connectivity index (χ4v) is 2.10. The molecule has 1 rings (SSSR count). The van der Waals surface area contributed by atoms with Gasteiger partial charge >= 0.3 is 12.0 Å². The van der Waals surface area contributed by atoms with Crippen LogP contribution in [-0.2, 0) is 20.7 Å². The monoisotopic (exact) mass is 382 g/mol. The van der Waals surface area contributed by atoms with Crippen LogP contribution < -0.4 is 24.8 Å². The van der Waals surface area contributed by atoms with Gasteiger partial charge < -0.3 is 24.3 Å². The molecule has 1 aromatic carbocycles. The number of amides is 3. The van der Waals surface area contributed by atoms with E-state index in [1.165, 1.54) is 21.3 Å². The van der Waals surface area contributed by atoms with E-state index < -0.39 is 24.5 Å². The topological polar surface area (TPSA) is 112 Å². The molecule has 150 valence electrons. The van der Waals surface area contributed by atoms with Crippen LogP contribution >= 0.6 is 0 Å². The first-order valence-corrected chi connectivity index (χ1v) is 8.32. The molecule has 1 aromatic rings. The van der Waals surface area contributed by atoms with Crippen LogP contribution in [0.15, 0.2) is 12.1 Å². The van der Waals surface area contributed by atoms with Crippen molar-refractivity contribution in [1.29, 1.82) is 0 Å². The molecular formula is C18H26N2O7. The van der Waals surface area contributed by atoms with Crippen LogP contribution in [0.25, 0.3) is 0 Å². The largest absolute Gasteiger partial charge is 0.493 e. The van der Waals surface area contributed by atoms with Crippen molar-refractivity contribution in [3.8, 4) is 17.2 Å². The fourth-order valence-electron chi connectivity index (χ4n) is 2.10. The maximum Gasteiger partial charge on any atom is 0.321 e. The molecule has 27 heavy (non-hydrogen) atoms. The van der Waals surface area contributed by atoms with Crippen molar-refractivity contribution in [1.82, 2.24) is 10.6 Å². The molecule has 0 spiro atoms. The van der Waals surface area contributed by atoms with Crippen LogP contribution in [0, 0.1) is 5.92 Å². The summed E-state index contributed by atoms with van der Waals surface area (Å²) in [6.07, 6.45) is -0.108. The van der Waals surface area contributed by atoms with Gasteiger partial charge in [-0.3, -0.25) is 14.9 Å². The molecule has 0 fully saturated rings. The van der Waals surface area contributed by atoms with E-state index in [1.807, 2.05) is 13.8 Å². The number of hydrogen-bond acceptors (Lipinski definition) is 7. The number of methoxy groups -OCH3 is 3. The van der Waals surface area contributed by atoms with Gasteiger partial charge in [-0.25, -0.2) is 4.79 Å². The highest BCUT2D eigenvalue weighted by molar-refractivity contribution is 5.95. The van der Waals surface area contributed by atoms with Crippen molar-refractivity contribution in [3.05, 3.63) is 17.7 Å². The Labute approximate surface area is 158 Å². The number of esters is 1. The summed E-state index contributed by atoms with van der Waals surface area (Å²) < 4.78 is 20.5. The minimum Gasteiger partial charge on any atom is -0.493 e. The highest BCUT2D eigenvalue weighted by Gasteiger charge is 2.16. The number of hydrogen-bond donors (Lipinski definition) is 2. The fraction of sp³-hybridized carbons (Fsp3) is 0.500. The molecule has 0 atom stereocenters. The Morgan fingerprint density at radius 3 is 2.07 bits per heavy atom. The minimum absolute atomic E-state index is 0.108. The molecule has 0 aliphatic rings. The van der Waals surface area contributed by atoms with Gasteiger partial charge in [-0.05, 0) is 23.6 Å². The Morgan fingerprint density at radius 1 is 1.00 bits per heavy atom. The van der Waals surface area contributed by atoms with Crippen LogP contribution in [0.3, 0.4) is 0 Å². The molecule has 9 nitrogen and oxygen atoms in total. The van der Waals surface area contributed by atoms with Crippen molar-refractivity contribution in [2.45, 2.75) is 20.3 Å². The average molecular weight is 382 g/mol.